The minimum atomic E-state index is -1.02. The van der Waals surface area contributed by atoms with E-state index in [1.165, 1.54) is 0 Å². The van der Waals surface area contributed by atoms with Crippen molar-refractivity contribution >= 4 is 40.1 Å². The van der Waals surface area contributed by atoms with Gasteiger partial charge in [0.1, 0.15) is 16.5 Å². The first-order chi connectivity index (χ1) is 14.7. The van der Waals surface area contributed by atoms with Crippen LogP contribution in [0.1, 0.15) is 38.9 Å². The molecule has 1 aromatic heterocycles. The molecule has 8 nitrogen and oxygen atoms in total. The van der Waals surface area contributed by atoms with Crippen LogP contribution in [0.3, 0.4) is 0 Å². The van der Waals surface area contributed by atoms with Crippen LogP contribution in [-0.2, 0) is 19.1 Å². The topological polar surface area (TPSA) is 111 Å². The normalized spacial score (nSPS) is 10.3. The predicted octanol–water partition coefficient (Wildman–Crippen LogP) is 2.81. The average Bonchev–Trinajstić information content (AvgIpc) is 3.06. The summed E-state index contributed by atoms with van der Waals surface area (Å²) < 4.78 is 36.1. The number of carbonyl (C=O) groups excluding carboxylic acids is 4. The van der Waals surface area contributed by atoms with Gasteiger partial charge in [-0.2, -0.15) is 0 Å². The molecular weight excluding hydrogens is 434 g/mol. The summed E-state index contributed by atoms with van der Waals surface area (Å²) >= 11 is 1.04. The molecule has 0 unspecified atom stereocenters. The molecule has 2 rings (SSSR count). The van der Waals surface area contributed by atoms with Crippen LogP contribution in [0.2, 0.25) is 0 Å². The highest BCUT2D eigenvalue weighted by atomic mass is 32.1. The van der Waals surface area contributed by atoms with E-state index in [-0.39, 0.29) is 25.1 Å². The zero-order valence-electron chi connectivity index (χ0n) is 16.8. The Morgan fingerprint density at radius 3 is 2.52 bits per heavy atom. The van der Waals surface area contributed by atoms with Crippen molar-refractivity contribution in [1.82, 2.24) is 5.32 Å². The molecule has 2 aromatic rings. The molecule has 0 aliphatic heterocycles. The minimum absolute atomic E-state index is 0.164. The fourth-order valence-electron chi connectivity index (χ4n) is 2.38. The molecule has 31 heavy (non-hydrogen) atoms. The number of benzene rings is 1. The van der Waals surface area contributed by atoms with E-state index >= 15 is 0 Å². The number of rotatable bonds is 9. The molecule has 166 valence electrons. The molecule has 0 saturated heterocycles. The predicted molar refractivity (Wildman–Crippen MR) is 108 cm³/mol. The fraction of sp³-hybridized carbons (Fsp3) is 0.300. The Hall–Kier alpha value is -3.34. The highest BCUT2D eigenvalue weighted by Crippen LogP contribution is 2.27. The van der Waals surface area contributed by atoms with Gasteiger partial charge in [-0.15, -0.1) is 11.3 Å². The zero-order chi connectivity index (χ0) is 23.0. The Labute approximate surface area is 180 Å². The molecule has 0 radical (unpaired) electrons. The quantitative estimate of drug-likeness (QED) is 0.564. The molecule has 0 atom stereocenters. The molecule has 0 saturated carbocycles. The van der Waals surface area contributed by atoms with Gasteiger partial charge in [0.05, 0.1) is 23.6 Å². The van der Waals surface area contributed by atoms with Gasteiger partial charge < -0.3 is 20.1 Å². The second-order valence-corrected chi connectivity index (χ2v) is 7.23. The number of amides is 2. The molecule has 11 heteroatoms. The molecule has 2 N–H and O–H groups in total. The zero-order valence-corrected chi connectivity index (χ0v) is 17.6. The number of ether oxygens (including phenoxy) is 2. The second-order valence-electron chi connectivity index (χ2n) is 6.18. The summed E-state index contributed by atoms with van der Waals surface area (Å²) in [7, 11) is 0. The average molecular weight is 454 g/mol. The summed E-state index contributed by atoms with van der Waals surface area (Å²) in [5, 5.41) is 5.22. The van der Waals surface area contributed by atoms with Crippen molar-refractivity contribution in [2.45, 2.75) is 20.3 Å². The number of halogens is 2. The highest BCUT2D eigenvalue weighted by molar-refractivity contribution is 7.18. The van der Waals surface area contributed by atoms with Gasteiger partial charge in [-0.05, 0) is 37.6 Å². The van der Waals surface area contributed by atoms with Gasteiger partial charge in [-0.3, -0.25) is 14.4 Å². The van der Waals surface area contributed by atoms with E-state index in [0.717, 1.165) is 23.5 Å². The number of hydrogen-bond acceptors (Lipinski definition) is 7. The van der Waals surface area contributed by atoms with Crippen molar-refractivity contribution in [2.75, 3.05) is 25.1 Å². The van der Waals surface area contributed by atoms with Crippen LogP contribution in [0, 0.1) is 18.6 Å². The minimum Gasteiger partial charge on any atom is -0.462 e. The van der Waals surface area contributed by atoms with Crippen molar-refractivity contribution in [1.29, 1.82) is 0 Å². The first-order valence-corrected chi connectivity index (χ1v) is 9.99. The maximum absolute atomic E-state index is 13.5. The molecule has 1 aromatic carbocycles. The van der Waals surface area contributed by atoms with Crippen molar-refractivity contribution in [3.8, 4) is 0 Å². The van der Waals surface area contributed by atoms with Gasteiger partial charge in [0.25, 0.3) is 11.8 Å². The molecule has 0 bridgehead atoms. The van der Waals surface area contributed by atoms with Gasteiger partial charge in [0, 0.05) is 12.6 Å². The van der Waals surface area contributed by atoms with Gasteiger partial charge in [-0.1, -0.05) is 0 Å². The first kappa shape index (κ1) is 23.9. The van der Waals surface area contributed by atoms with Crippen LogP contribution in [0.25, 0.3) is 0 Å². The maximum Gasteiger partial charge on any atom is 0.348 e. The third kappa shape index (κ3) is 7.14. The van der Waals surface area contributed by atoms with E-state index in [4.69, 9.17) is 9.47 Å². The Morgan fingerprint density at radius 1 is 1.10 bits per heavy atom. The smallest absolute Gasteiger partial charge is 0.348 e. The SMILES string of the molecule is CCOC(=O)c1sc(NC(=O)COC(=O)CCNC(=O)c2ccc(F)cc2F)cc1C. The Balaban J connectivity index is 1.73. The third-order valence-corrected chi connectivity index (χ3v) is 4.93. The summed E-state index contributed by atoms with van der Waals surface area (Å²) in [6.07, 6.45) is -0.257. The summed E-state index contributed by atoms with van der Waals surface area (Å²) in [4.78, 5) is 47.6. The van der Waals surface area contributed by atoms with E-state index in [9.17, 15) is 28.0 Å². The molecule has 0 aliphatic carbocycles. The summed E-state index contributed by atoms with van der Waals surface area (Å²) in [6.45, 7) is 2.89. The number of thiophene rings is 1. The lowest BCUT2D eigenvalue weighted by molar-refractivity contribution is -0.147. The monoisotopic (exact) mass is 454 g/mol. The Morgan fingerprint density at radius 2 is 1.84 bits per heavy atom. The summed E-state index contributed by atoms with van der Waals surface area (Å²) in [5.74, 6) is -4.50. The first-order valence-electron chi connectivity index (χ1n) is 9.17. The van der Waals surface area contributed by atoms with Crippen LogP contribution in [0.4, 0.5) is 13.8 Å². The van der Waals surface area contributed by atoms with Crippen molar-refractivity contribution in [3.05, 3.63) is 51.9 Å². The summed E-state index contributed by atoms with van der Waals surface area (Å²) in [5.41, 5.74) is 0.284. The Bertz CT molecular complexity index is 992. The number of esters is 2. The number of anilines is 1. The number of carbonyl (C=O) groups is 4. The van der Waals surface area contributed by atoms with E-state index in [1.54, 1.807) is 19.9 Å². The van der Waals surface area contributed by atoms with Crippen LogP contribution < -0.4 is 10.6 Å². The fourth-order valence-corrected chi connectivity index (χ4v) is 3.36. The van der Waals surface area contributed by atoms with Gasteiger partial charge in [0.15, 0.2) is 6.61 Å². The molecule has 2 amide bonds. The summed E-state index contributed by atoms with van der Waals surface area (Å²) in [6, 6.07) is 4.10. The molecule has 0 spiro atoms. The van der Waals surface area contributed by atoms with Crippen LogP contribution >= 0.6 is 11.3 Å². The van der Waals surface area contributed by atoms with Gasteiger partial charge >= 0.3 is 11.9 Å². The number of aryl methyl sites for hydroxylation is 1. The number of nitrogens with one attached hydrogen (secondary N) is 2. The van der Waals surface area contributed by atoms with E-state index < -0.39 is 42.0 Å². The van der Waals surface area contributed by atoms with Gasteiger partial charge in [-0.25, -0.2) is 13.6 Å². The van der Waals surface area contributed by atoms with Crippen LogP contribution in [0.5, 0.6) is 0 Å². The van der Waals surface area contributed by atoms with Crippen molar-refractivity contribution in [3.63, 3.8) is 0 Å². The maximum atomic E-state index is 13.5. The van der Waals surface area contributed by atoms with Crippen molar-refractivity contribution < 1.29 is 37.4 Å². The third-order valence-electron chi connectivity index (χ3n) is 3.80. The Kier molecular flexibility index (Phi) is 8.62. The van der Waals surface area contributed by atoms with E-state index in [0.29, 0.717) is 21.5 Å². The molecule has 0 aliphatic rings. The van der Waals surface area contributed by atoms with Crippen LogP contribution in [0.15, 0.2) is 24.3 Å². The lowest BCUT2D eigenvalue weighted by atomic mass is 10.2. The van der Waals surface area contributed by atoms with Crippen LogP contribution in [-0.4, -0.2) is 43.5 Å². The number of hydrogen-bond donors (Lipinski definition) is 2. The lowest BCUT2D eigenvalue weighted by Gasteiger charge is -2.07. The lowest BCUT2D eigenvalue weighted by Crippen LogP contribution is -2.28. The molecular formula is C20H20F2N2O6S. The molecule has 1 heterocycles. The molecule has 0 fully saturated rings. The van der Waals surface area contributed by atoms with E-state index in [2.05, 4.69) is 10.6 Å². The standard InChI is InChI=1S/C20H20F2N2O6S/c1-3-29-20(28)18-11(2)8-16(31-18)24-15(25)10-30-17(26)6-7-23-19(27)13-5-4-12(21)9-14(13)22/h4-5,8-9H,3,6-7,10H2,1-2H3,(H,23,27)(H,24,25). The van der Waals surface area contributed by atoms with Gasteiger partial charge in [0.2, 0.25) is 0 Å². The second kappa shape index (κ2) is 11.2. The largest absolute Gasteiger partial charge is 0.462 e. The van der Waals surface area contributed by atoms with E-state index in [1.807, 2.05) is 0 Å². The highest BCUT2D eigenvalue weighted by Gasteiger charge is 2.17. The van der Waals surface area contributed by atoms with Crippen molar-refractivity contribution in [2.24, 2.45) is 0 Å².